The molecule has 1 saturated heterocycles. The number of nitrogens with zero attached hydrogens (tertiary/aromatic N) is 2. The molecule has 0 amide bonds. The molecule has 1 heterocycles. The van der Waals surface area contributed by atoms with Gasteiger partial charge < -0.3 is 9.84 Å². The maximum absolute atomic E-state index is 10.2. The van der Waals surface area contributed by atoms with Crippen molar-refractivity contribution in [3.63, 3.8) is 0 Å². The standard InChI is InChI=1S/C15H20N2O2/c1-11(2)15(18)9-17(10-15)8-12-4-5-13(7-16)14(6-12)19-3/h4-6,11,18H,8-10H2,1-3H3. The number of nitriles is 1. The zero-order valence-corrected chi connectivity index (χ0v) is 11.7. The molecule has 102 valence electrons. The van der Waals surface area contributed by atoms with Gasteiger partial charge in [-0.2, -0.15) is 5.26 Å². The average Bonchev–Trinajstić information content (AvgIpc) is 2.36. The van der Waals surface area contributed by atoms with Gasteiger partial charge in [0.2, 0.25) is 0 Å². The minimum atomic E-state index is -0.545. The highest BCUT2D eigenvalue weighted by atomic mass is 16.5. The molecule has 1 aromatic carbocycles. The summed E-state index contributed by atoms with van der Waals surface area (Å²) in [5.74, 6) is 0.888. The second kappa shape index (κ2) is 5.20. The van der Waals surface area contributed by atoms with Crippen molar-refractivity contribution < 1.29 is 9.84 Å². The highest BCUT2D eigenvalue weighted by Crippen LogP contribution is 2.30. The van der Waals surface area contributed by atoms with Gasteiger partial charge in [0.15, 0.2) is 0 Å². The zero-order valence-electron chi connectivity index (χ0n) is 11.7. The Bertz CT molecular complexity index is 499. The van der Waals surface area contributed by atoms with Gasteiger partial charge >= 0.3 is 0 Å². The Balaban J connectivity index is 2.01. The average molecular weight is 260 g/mol. The van der Waals surface area contributed by atoms with Crippen LogP contribution in [0.5, 0.6) is 5.75 Å². The number of likely N-dealkylation sites (tertiary alicyclic amines) is 1. The predicted octanol–water partition coefficient (Wildman–Crippen LogP) is 1.77. The van der Waals surface area contributed by atoms with Crippen LogP contribution < -0.4 is 4.74 Å². The maximum atomic E-state index is 10.2. The number of hydrogen-bond donors (Lipinski definition) is 1. The van der Waals surface area contributed by atoms with E-state index in [-0.39, 0.29) is 5.92 Å². The Morgan fingerprint density at radius 3 is 2.68 bits per heavy atom. The van der Waals surface area contributed by atoms with Crippen molar-refractivity contribution in [2.45, 2.75) is 26.0 Å². The molecule has 0 bridgehead atoms. The summed E-state index contributed by atoms with van der Waals surface area (Å²) < 4.78 is 5.20. The fraction of sp³-hybridized carbons (Fsp3) is 0.533. The molecule has 0 radical (unpaired) electrons. The molecule has 1 aromatic rings. The number of ether oxygens (including phenoxy) is 1. The Hall–Kier alpha value is -1.57. The van der Waals surface area contributed by atoms with E-state index in [9.17, 15) is 5.11 Å². The predicted molar refractivity (Wildman–Crippen MR) is 72.8 cm³/mol. The monoisotopic (exact) mass is 260 g/mol. The van der Waals surface area contributed by atoms with Crippen LogP contribution in [0.3, 0.4) is 0 Å². The topological polar surface area (TPSA) is 56.5 Å². The largest absolute Gasteiger partial charge is 0.495 e. The van der Waals surface area contributed by atoms with Gasteiger partial charge in [-0.1, -0.05) is 19.9 Å². The molecule has 1 aliphatic heterocycles. The molecule has 0 atom stereocenters. The van der Waals surface area contributed by atoms with Gasteiger partial charge in [0.05, 0.1) is 18.3 Å². The number of rotatable bonds is 4. The first-order valence-electron chi connectivity index (χ1n) is 6.50. The minimum absolute atomic E-state index is 0.277. The summed E-state index contributed by atoms with van der Waals surface area (Å²) in [6.45, 7) is 6.27. The summed E-state index contributed by atoms with van der Waals surface area (Å²) in [6, 6.07) is 7.72. The molecule has 2 rings (SSSR count). The molecular weight excluding hydrogens is 240 g/mol. The number of aliphatic hydroxyl groups is 1. The van der Waals surface area contributed by atoms with Crippen molar-refractivity contribution in [2.24, 2.45) is 5.92 Å². The summed E-state index contributed by atoms with van der Waals surface area (Å²) >= 11 is 0. The first-order valence-corrected chi connectivity index (χ1v) is 6.50. The van der Waals surface area contributed by atoms with Crippen LogP contribution in [0.1, 0.15) is 25.0 Å². The van der Waals surface area contributed by atoms with E-state index in [1.54, 1.807) is 13.2 Å². The molecule has 1 fully saturated rings. The van der Waals surface area contributed by atoms with Crippen molar-refractivity contribution in [1.29, 1.82) is 5.26 Å². The number of hydrogen-bond acceptors (Lipinski definition) is 4. The smallest absolute Gasteiger partial charge is 0.136 e. The van der Waals surface area contributed by atoms with Crippen LogP contribution in [0, 0.1) is 17.2 Å². The van der Waals surface area contributed by atoms with E-state index in [1.807, 2.05) is 26.0 Å². The van der Waals surface area contributed by atoms with Crippen LogP contribution in [0.15, 0.2) is 18.2 Å². The molecule has 0 spiro atoms. The van der Waals surface area contributed by atoms with Gasteiger partial charge in [0.25, 0.3) is 0 Å². The van der Waals surface area contributed by atoms with E-state index in [4.69, 9.17) is 10.00 Å². The maximum Gasteiger partial charge on any atom is 0.136 e. The molecule has 19 heavy (non-hydrogen) atoms. The van der Waals surface area contributed by atoms with Crippen LogP contribution in [0.4, 0.5) is 0 Å². The van der Waals surface area contributed by atoms with Crippen molar-refractivity contribution in [2.75, 3.05) is 20.2 Å². The second-order valence-corrected chi connectivity index (χ2v) is 5.55. The van der Waals surface area contributed by atoms with Gasteiger partial charge in [-0.05, 0) is 23.6 Å². The lowest BCUT2D eigenvalue weighted by atomic mass is 9.83. The molecule has 0 unspecified atom stereocenters. The van der Waals surface area contributed by atoms with Gasteiger partial charge in [0.1, 0.15) is 11.8 Å². The third kappa shape index (κ3) is 2.73. The Morgan fingerprint density at radius 1 is 1.47 bits per heavy atom. The van der Waals surface area contributed by atoms with Crippen LogP contribution in [-0.2, 0) is 6.54 Å². The van der Waals surface area contributed by atoms with E-state index < -0.39 is 5.60 Å². The number of β-amino-alcohol motifs (C(OH)–C–C–N with tert-alkyl or cyclic N) is 1. The molecule has 0 aliphatic carbocycles. The lowest BCUT2D eigenvalue weighted by Gasteiger charge is -2.49. The Labute approximate surface area is 114 Å². The first-order chi connectivity index (χ1) is 8.98. The van der Waals surface area contributed by atoms with Crippen molar-refractivity contribution in [3.05, 3.63) is 29.3 Å². The third-order valence-corrected chi connectivity index (χ3v) is 3.86. The Kier molecular flexibility index (Phi) is 3.79. The van der Waals surface area contributed by atoms with E-state index >= 15 is 0 Å². The van der Waals surface area contributed by atoms with E-state index in [2.05, 4.69) is 11.0 Å². The lowest BCUT2D eigenvalue weighted by molar-refractivity contribution is -0.130. The molecule has 4 nitrogen and oxygen atoms in total. The molecule has 4 heteroatoms. The van der Waals surface area contributed by atoms with Crippen molar-refractivity contribution >= 4 is 0 Å². The summed E-state index contributed by atoms with van der Waals surface area (Å²) in [4.78, 5) is 2.20. The van der Waals surface area contributed by atoms with Crippen LogP contribution in [0.25, 0.3) is 0 Å². The summed E-state index contributed by atoms with van der Waals surface area (Å²) in [5.41, 5.74) is 1.10. The Morgan fingerprint density at radius 2 is 2.16 bits per heavy atom. The van der Waals surface area contributed by atoms with E-state index in [0.29, 0.717) is 24.4 Å². The minimum Gasteiger partial charge on any atom is -0.495 e. The van der Waals surface area contributed by atoms with Crippen LogP contribution in [0.2, 0.25) is 0 Å². The van der Waals surface area contributed by atoms with Gasteiger partial charge in [0, 0.05) is 19.6 Å². The highest BCUT2D eigenvalue weighted by molar-refractivity contribution is 5.45. The normalized spacial score (nSPS) is 17.9. The molecule has 1 aliphatic rings. The van der Waals surface area contributed by atoms with Crippen molar-refractivity contribution in [1.82, 2.24) is 4.90 Å². The third-order valence-electron chi connectivity index (χ3n) is 3.86. The summed E-state index contributed by atoms with van der Waals surface area (Å²) in [5, 5.41) is 19.1. The van der Waals surface area contributed by atoms with Gasteiger partial charge in [-0.3, -0.25) is 4.90 Å². The first kappa shape index (κ1) is 13.9. The van der Waals surface area contributed by atoms with Crippen LogP contribution in [-0.4, -0.2) is 35.8 Å². The zero-order chi connectivity index (χ0) is 14.0. The lowest BCUT2D eigenvalue weighted by Crippen LogP contribution is -2.63. The van der Waals surface area contributed by atoms with E-state index in [1.165, 1.54) is 0 Å². The number of methoxy groups -OCH3 is 1. The highest BCUT2D eigenvalue weighted by Gasteiger charge is 2.43. The fourth-order valence-electron chi connectivity index (χ4n) is 2.39. The fourth-order valence-corrected chi connectivity index (χ4v) is 2.39. The summed E-state index contributed by atoms with van der Waals surface area (Å²) in [7, 11) is 1.57. The quantitative estimate of drug-likeness (QED) is 0.896. The van der Waals surface area contributed by atoms with Crippen LogP contribution >= 0.6 is 0 Å². The van der Waals surface area contributed by atoms with E-state index in [0.717, 1.165) is 12.1 Å². The second-order valence-electron chi connectivity index (χ2n) is 5.55. The number of benzene rings is 1. The SMILES string of the molecule is COc1cc(CN2CC(O)(C(C)C)C2)ccc1C#N. The summed E-state index contributed by atoms with van der Waals surface area (Å²) in [6.07, 6.45) is 0. The van der Waals surface area contributed by atoms with Gasteiger partial charge in [-0.15, -0.1) is 0 Å². The molecular formula is C15H20N2O2. The van der Waals surface area contributed by atoms with Crippen molar-refractivity contribution in [3.8, 4) is 11.8 Å². The van der Waals surface area contributed by atoms with Gasteiger partial charge in [-0.25, -0.2) is 0 Å². The molecule has 0 saturated carbocycles. The molecule has 0 aromatic heterocycles. The molecule has 1 N–H and O–H groups in total.